The Morgan fingerprint density at radius 3 is 2.85 bits per heavy atom. The van der Waals surface area contributed by atoms with Gasteiger partial charge in [-0.15, -0.1) is 0 Å². The van der Waals surface area contributed by atoms with Crippen LogP contribution in [-0.2, 0) is 6.54 Å². The van der Waals surface area contributed by atoms with Crippen molar-refractivity contribution in [2.24, 2.45) is 5.73 Å². The molecule has 1 heterocycles. The first-order valence-corrected chi connectivity index (χ1v) is 7.82. The second-order valence-corrected chi connectivity index (χ2v) is 5.89. The lowest BCUT2D eigenvalue weighted by atomic mass is 9.98. The van der Waals surface area contributed by atoms with Crippen molar-refractivity contribution < 1.29 is 4.74 Å². The molecule has 20 heavy (non-hydrogen) atoms. The third-order valence-electron chi connectivity index (χ3n) is 4.42. The molecule has 3 heteroatoms. The maximum atomic E-state index is 6.01. The number of likely N-dealkylation sites (tertiary alicyclic amines) is 1. The Bertz CT molecular complexity index is 431. The number of benzene rings is 1. The highest BCUT2D eigenvalue weighted by Gasteiger charge is 2.22. The quantitative estimate of drug-likeness (QED) is 0.895. The fraction of sp³-hybridized carbons (Fsp3) is 0.647. The van der Waals surface area contributed by atoms with Gasteiger partial charge in [-0.3, -0.25) is 4.90 Å². The molecule has 3 nitrogen and oxygen atoms in total. The number of hydrogen-bond acceptors (Lipinski definition) is 3. The van der Waals surface area contributed by atoms with Crippen LogP contribution >= 0.6 is 0 Å². The van der Waals surface area contributed by atoms with Gasteiger partial charge in [0.05, 0.1) is 7.11 Å². The molecule has 0 aliphatic carbocycles. The fourth-order valence-corrected chi connectivity index (χ4v) is 3.15. The van der Waals surface area contributed by atoms with Crippen LogP contribution < -0.4 is 10.5 Å². The summed E-state index contributed by atoms with van der Waals surface area (Å²) in [4.78, 5) is 2.60. The van der Waals surface area contributed by atoms with Crippen molar-refractivity contribution >= 4 is 0 Å². The average Bonchev–Trinajstić information content (AvgIpc) is 2.47. The van der Waals surface area contributed by atoms with Gasteiger partial charge in [-0.05, 0) is 50.4 Å². The largest absolute Gasteiger partial charge is 0.496 e. The van der Waals surface area contributed by atoms with Crippen molar-refractivity contribution in [3.8, 4) is 5.75 Å². The number of piperidine rings is 1. The summed E-state index contributed by atoms with van der Waals surface area (Å²) in [5.74, 6) is 0.981. The van der Waals surface area contributed by atoms with Gasteiger partial charge in [0.15, 0.2) is 0 Å². The van der Waals surface area contributed by atoms with Crippen LogP contribution in [0.3, 0.4) is 0 Å². The standard InChI is InChI=1S/C17H28N2O/c1-4-16-7-5-6-10-19(16)12-15-11-14(13(2)18)8-9-17(15)20-3/h8-9,11,13,16H,4-7,10,12,18H2,1-3H3. The zero-order chi connectivity index (χ0) is 14.5. The summed E-state index contributed by atoms with van der Waals surface area (Å²) in [6.07, 6.45) is 5.24. The molecule has 2 unspecified atom stereocenters. The highest BCUT2D eigenvalue weighted by atomic mass is 16.5. The Morgan fingerprint density at radius 1 is 1.40 bits per heavy atom. The molecule has 112 valence electrons. The number of methoxy groups -OCH3 is 1. The predicted molar refractivity (Wildman–Crippen MR) is 83.9 cm³/mol. The van der Waals surface area contributed by atoms with E-state index in [-0.39, 0.29) is 6.04 Å². The van der Waals surface area contributed by atoms with E-state index in [9.17, 15) is 0 Å². The minimum Gasteiger partial charge on any atom is -0.496 e. The van der Waals surface area contributed by atoms with Gasteiger partial charge in [0.1, 0.15) is 5.75 Å². The van der Waals surface area contributed by atoms with Gasteiger partial charge in [0.2, 0.25) is 0 Å². The second kappa shape index (κ2) is 7.09. The van der Waals surface area contributed by atoms with E-state index >= 15 is 0 Å². The van der Waals surface area contributed by atoms with Crippen LogP contribution in [-0.4, -0.2) is 24.6 Å². The van der Waals surface area contributed by atoms with Crippen molar-refractivity contribution in [2.45, 2.75) is 58.2 Å². The molecule has 1 aromatic carbocycles. The van der Waals surface area contributed by atoms with Crippen LogP contribution in [0.25, 0.3) is 0 Å². The first-order chi connectivity index (χ1) is 9.65. The molecule has 0 aromatic heterocycles. The summed E-state index contributed by atoms with van der Waals surface area (Å²) in [6, 6.07) is 7.12. The molecular weight excluding hydrogens is 248 g/mol. The molecule has 0 radical (unpaired) electrons. The first-order valence-electron chi connectivity index (χ1n) is 7.82. The summed E-state index contributed by atoms with van der Waals surface area (Å²) < 4.78 is 5.52. The van der Waals surface area contributed by atoms with Crippen LogP contribution in [0.1, 0.15) is 56.7 Å². The summed E-state index contributed by atoms with van der Waals surface area (Å²) in [7, 11) is 1.75. The summed E-state index contributed by atoms with van der Waals surface area (Å²) in [5, 5.41) is 0. The van der Waals surface area contributed by atoms with E-state index in [1.165, 1.54) is 43.4 Å². The number of rotatable bonds is 5. The molecule has 2 rings (SSSR count). The highest BCUT2D eigenvalue weighted by molar-refractivity contribution is 5.38. The van der Waals surface area contributed by atoms with E-state index in [1.807, 2.05) is 6.92 Å². The molecule has 1 aliphatic heterocycles. The lowest BCUT2D eigenvalue weighted by molar-refractivity contribution is 0.135. The SMILES string of the molecule is CCC1CCCCN1Cc1cc(C(C)N)ccc1OC. The fourth-order valence-electron chi connectivity index (χ4n) is 3.15. The van der Waals surface area contributed by atoms with E-state index in [0.717, 1.165) is 12.3 Å². The Balaban J connectivity index is 2.19. The lowest BCUT2D eigenvalue weighted by Crippen LogP contribution is -2.38. The van der Waals surface area contributed by atoms with Gasteiger partial charge in [0, 0.05) is 24.2 Å². The minimum absolute atomic E-state index is 0.0722. The number of hydrogen-bond donors (Lipinski definition) is 1. The topological polar surface area (TPSA) is 38.5 Å². The van der Waals surface area contributed by atoms with E-state index < -0.39 is 0 Å². The monoisotopic (exact) mass is 276 g/mol. The van der Waals surface area contributed by atoms with E-state index in [4.69, 9.17) is 10.5 Å². The number of nitrogens with zero attached hydrogens (tertiary/aromatic N) is 1. The number of ether oxygens (including phenoxy) is 1. The smallest absolute Gasteiger partial charge is 0.123 e. The Hall–Kier alpha value is -1.06. The summed E-state index contributed by atoms with van der Waals surface area (Å²) >= 11 is 0. The van der Waals surface area contributed by atoms with Crippen molar-refractivity contribution in [1.82, 2.24) is 4.90 Å². The molecule has 1 aliphatic rings. The van der Waals surface area contributed by atoms with Crippen LogP contribution in [0.2, 0.25) is 0 Å². The molecule has 0 amide bonds. The maximum absolute atomic E-state index is 6.01. The summed E-state index contributed by atoms with van der Waals surface area (Å²) in [6.45, 7) is 6.49. The van der Waals surface area contributed by atoms with Gasteiger partial charge in [0.25, 0.3) is 0 Å². The molecule has 0 spiro atoms. The Labute approximate surface area is 123 Å². The zero-order valence-electron chi connectivity index (χ0n) is 13.1. The van der Waals surface area contributed by atoms with Gasteiger partial charge in [-0.1, -0.05) is 19.4 Å². The third kappa shape index (κ3) is 3.53. The van der Waals surface area contributed by atoms with Crippen LogP contribution in [0.15, 0.2) is 18.2 Å². The van der Waals surface area contributed by atoms with Crippen LogP contribution in [0.5, 0.6) is 5.75 Å². The Morgan fingerprint density at radius 2 is 2.20 bits per heavy atom. The van der Waals surface area contributed by atoms with Crippen molar-refractivity contribution in [3.63, 3.8) is 0 Å². The van der Waals surface area contributed by atoms with Gasteiger partial charge >= 0.3 is 0 Å². The minimum atomic E-state index is 0.0722. The molecule has 0 saturated carbocycles. The normalized spacial score (nSPS) is 21.7. The van der Waals surface area contributed by atoms with Crippen LogP contribution in [0, 0.1) is 0 Å². The third-order valence-corrected chi connectivity index (χ3v) is 4.42. The van der Waals surface area contributed by atoms with E-state index in [1.54, 1.807) is 7.11 Å². The second-order valence-electron chi connectivity index (χ2n) is 5.89. The van der Waals surface area contributed by atoms with Gasteiger partial charge in [-0.25, -0.2) is 0 Å². The lowest BCUT2D eigenvalue weighted by Gasteiger charge is -2.35. The molecule has 1 aromatic rings. The van der Waals surface area contributed by atoms with Crippen molar-refractivity contribution in [3.05, 3.63) is 29.3 Å². The highest BCUT2D eigenvalue weighted by Crippen LogP contribution is 2.27. The van der Waals surface area contributed by atoms with Crippen molar-refractivity contribution in [1.29, 1.82) is 0 Å². The molecule has 2 atom stereocenters. The van der Waals surface area contributed by atoms with Crippen LogP contribution in [0.4, 0.5) is 0 Å². The number of nitrogens with two attached hydrogens (primary N) is 1. The molecule has 1 fully saturated rings. The van der Waals surface area contributed by atoms with Gasteiger partial charge < -0.3 is 10.5 Å². The predicted octanol–water partition coefficient (Wildman–Crippen LogP) is 3.48. The average molecular weight is 276 g/mol. The van der Waals surface area contributed by atoms with E-state index in [0.29, 0.717) is 6.04 Å². The molecule has 2 N–H and O–H groups in total. The zero-order valence-corrected chi connectivity index (χ0v) is 13.1. The van der Waals surface area contributed by atoms with Gasteiger partial charge in [-0.2, -0.15) is 0 Å². The molecule has 1 saturated heterocycles. The molecular formula is C17H28N2O. The maximum Gasteiger partial charge on any atom is 0.123 e. The van der Waals surface area contributed by atoms with Crippen molar-refractivity contribution in [2.75, 3.05) is 13.7 Å². The summed E-state index contributed by atoms with van der Waals surface area (Å²) in [5.41, 5.74) is 8.46. The Kier molecular flexibility index (Phi) is 5.44. The van der Waals surface area contributed by atoms with E-state index in [2.05, 4.69) is 30.0 Å². The molecule has 0 bridgehead atoms. The first kappa shape index (κ1) is 15.3.